The highest BCUT2D eigenvalue weighted by molar-refractivity contribution is 5.61. The van der Waals surface area contributed by atoms with E-state index in [1.165, 1.54) is 0 Å². The first-order valence-corrected chi connectivity index (χ1v) is 5.86. The van der Waals surface area contributed by atoms with E-state index in [4.69, 9.17) is 10.5 Å². The lowest BCUT2D eigenvalue weighted by Gasteiger charge is -2.32. The fourth-order valence-corrected chi connectivity index (χ4v) is 2.24. The fraction of sp³-hybridized carbons (Fsp3) is 0.727. The molecule has 1 unspecified atom stereocenters. The number of hydrogen-bond acceptors (Lipinski definition) is 4. The van der Waals surface area contributed by atoms with E-state index in [1.807, 2.05) is 20.2 Å². The Labute approximate surface area is 96.2 Å². The summed E-state index contributed by atoms with van der Waals surface area (Å²) in [5.41, 5.74) is 6.68. The number of anilines is 2. The standard InChI is InChI=1S/C11H20N4O/c1-3-16-9-5-4-6-15(7-9)11-10(12)8-14(2)13-11/h8-9H,3-7,12H2,1-2H3. The Balaban J connectivity index is 2.06. The molecule has 1 aliphatic heterocycles. The monoisotopic (exact) mass is 224 g/mol. The molecule has 0 radical (unpaired) electrons. The van der Waals surface area contributed by atoms with Crippen LogP contribution < -0.4 is 10.6 Å². The molecular formula is C11H20N4O. The molecule has 90 valence electrons. The van der Waals surface area contributed by atoms with Gasteiger partial charge in [-0.15, -0.1) is 0 Å². The second-order valence-corrected chi connectivity index (χ2v) is 4.25. The number of nitrogen functional groups attached to an aromatic ring is 1. The highest BCUT2D eigenvalue weighted by atomic mass is 16.5. The van der Waals surface area contributed by atoms with E-state index in [0.717, 1.165) is 44.0 Å². The Kier molecular flexibility index (Phi) is 3.33. The zero-order chi connectivity index (χ0) is 11.5. The van der Waals surface area contributed by atoms with Crippen molar-refractivity contribution in [2.24, 2.45) is 7.05 Å². The number of aryl methyl sites for hydroxylation is 1. The van der Waals surface area contributed by atoms with Gasteiger partial charge in [0.05, 0.1) is 11.8 Å². The lowest BCUT2D eigenvalue weighted by Crippen LogP contribution is -2.40. The summed E-state index contributed by atoms with van der Waals surface area (Å²) in [7, 11) is 1.89. The molecule has 1 fully saturated rings. The molecule has 2 heterocycles. The summed E-state index contributed by atoms with van der Waals surface area (Å²) >= 11 is 0. The van der Waals surface area contributed by atoms with E-state index in [1.54, 1.807) is 4.68 Å². The van der Waals surface area contributed by atoms with Gasteiger partial charge < -0.3 is 15.4 Å². The van der Waals surface area contributed by atoms with Gasteiger partial charge in [0.15, 0.2) is 5.82 Å². The molecule has 2 N–H and O–H groups in total. The molecule has 0 spiro atoms. The Morgan fingerprint density at radius 2 is 2.44 bits per heavy atom. The Morgan fingerprint density at radius 3 is 3.06 bits per heavy atom. The van der Waals surface area contributed by atoms with Crippen molar-refractivity contribution in [3.8, 4) is 0 Å². The van der Waals surface area contributed by atoms with Gasteiger partial charge in [-0.05, 0) is 19.8 Å². The summed E-state index contributed by atoms with van der Waals surface area (Å²) in [6.45, 7) is 4.73. The van der Waals surface area contributed by atoms with Crippen molar-refractivity contribution in [3.05, 3.63) is 6.20 Å². The van der Waals surface area contributed by atoms with Gasteiger partial charge in [-0.3, -0.25) is 4.68 Å². The maximum Gasteiger partial charge on any atom is 0.173 e. The summed E-state index contributed by atoms with van der Waals surface area (Å²) in [6, 6.07) is 0. The number of hydrogen-bond donors (Lipinski definition) is 1. The molecule has 0 saturated carbocycles. The van der Waals surface area contributed by atoms with Gasteiger partial charge in [0, 0.05) is 32.9 Å². The minimum Gasteiger partial charge on any atom is -0.394 e. The third-order valence-electron chi connectivity index (χ3n) is 2.92. The normalized spacial score (nSPS) is 21.4. The second kappa shape index (κ2) is 4.74. The molecule has 5 nitrogen and oxygen atoms in total. The number of nitrogens with two attached hydrogens (primary N) is 1. The largest absolute Gasteiger partial charge is 0.394 e. The Morgan fingerprint density at radius 1 is 1.62 bits per heavy atom. The minimum absolute atomic E-state index is 0.320. The molecule has 5 heteroatoms. The van der Waals surface area contributed by atoms with Gasteiger partial charge in [-0.2, -0.15) is 5.10 Å². The highest BCUT2D eigenvalue weighted by Gasteiger charge is 2.23. The van der Waals surface area contributed by atoms with Crippen molar-refractivity contribution in [3.63, 3.8) is 0 Å². The average Bonchev–Trinajstić information content (AvgIpc) is 2.59. The average molecular weight is 224 g/mol. The van der Waals surface area contributed by atoms with Gasteiger partial charge >= 0.3 is 0 Å². The van der Waals surface area contributed by atoms with Crippen molar-refractivity contribution in [1.29, 1.82) is 0 Å². The first-order valence-electron chi connectivity index (χ1n) is 5.86. The van der Waals surface area contributed by atoms with E-state index in [-0.39, 0.29) is 0 Å². The van der Waals surface area contributed by atoms with Crippen LogP contribution in [-0.2, 0) is 11.8 Å². The van der Waals surface area contributed by atoms with Gasteiger partial charge in [-0.25, -0.2) is 0 Å². The predicted octanol–water partition coefficient (Wildman–Crippen LogP) is 1.01. The van der Waals surface area contributed by atoms with Crippen LogP contribution in [0.4, 0.5) is 11.5 Å². The number of nitrogens with zero attached hydrogens (tertiary/aromatic N) is 3. The lowest BCUT2D eigenvalue weighted by molar-refractivity contribution is 0.0525. The van der Waals surface area contributed by atoms with Crippen LogP contribution in [0.25, 0.3) is 0 Å². The van der Waals surface area contributed by atoms with Gasteiger partial charge in [0.2, 0.25) is 0 Å². The van der Waals surface area contributed by atoms with E-state index >= 15 is 0 Å². The van der Waals surface area contributed by atoms with Crippen molar-refractivity contribution >= 4 is 11.5 Å². The minimum atomic E-state index is 0.320. The van der Waals surface area contributed by atoms with Crippen molar-refractivity contribution in [1.82, 2.24) is 9.78 Å². The topological polar surface area (TPSA) is 56.3 Å². The van der Waals surface area contributed by atoms with Crippen molar-refractivity contribution < 1.29 is 4.74 Å². The summed E-state index contributed by atoms with van der Waals surface area (Å²) in [6.07, 6.45) is 4.44. The SMILES string of the molecule is CCOC1CCCN(c2nn(C)cc2N)C1. The van der Waals surface area contributed by atoms with Crippen LogP contribution in [0.1, 0.15) is 19.8 Å². The summed E-state index contributed by atoms with van der Waals surface area (Å²) in [5, 5.41) is 4.39. The van der Waals surface area contributed by atoms with E-state index in [0.29, 0.717) is 6.10 Å². The first-order chi connectivity index (χ1) is 7.70. The number of piperidine rings is 1. The van der Waals surface area contributed by atoms with Crippen molar-refractivity contribution in [2.45, 2.75) is 25.9 Å². The van der Waals surface area contributed by atoms with E-state index in [2.05, 4.69) is 10.00 Å². The Hall–Kier alpha value is -1.23. The molecule has 1 aromatic heterocycles. The van der Waals surface area contributed by atoms with Crippen molar-refractivity contribution in [2.75, 3.05) is 30.3 Å². The number of rotatable bonds is 3. The van der Waals surface area contributed by atoms with Crippen LogP contribution in [0, 0.1) is 0 Å². The Bertz CT molecular complexity index is 348. The highest BCUT2D eigenvalue weighted by Crippen LogP contribution is 2.24. The van der Waals surface area contributed by atoms with Crippen LogP contribution >= 0.6 is 0 Å². The fourth-order valence-electron chi connectivity index (χ4n) is 2.24. The summed E-state index contributed by atoms with van der Waals surface area (Å²) < 4.78 is 7.42. The molecule has 16 heavy (non-hydrogen) atoms. The van der Waals surface area contributed by atoms with Crippen LogP contribution in [0.5, 0.6) is 0 Å². The maximum atomic E-state index is 5.93. The third-order valence-corrected chi connectivity index (χ3v) is 2.92. The number of aromatic nitrogens is 2. The van der Waals surface area contributed by atoms with Gasteiger partial charge in [-0.1, -0.05) is 0 Å². The first kappa shape index (κ1) is 11.3. The molecule has 0 aliphatic carbocycles. The zero-order valence-corrected chi connectivity index (χ0v) is 10.0. The molecular weight excluding hydrogens is 204 g/mol. The predicted molar refractivity (Wildman–Crippen MR) is 64.5 cm³/mol. The molecule has 1 atom stereocenters. The maximum absolute atomic E-state index is 5.93. The molecule has 0 bridgehead atoms. The van der Waals surface area contributed by atoms with E-state index < -0.39 is 0 Å². The van der Waals surface area contributed by atoms with Gasteiger partial charge in [0.1, 0.15) is 0 Å². The quantitative estimate of drug-likeness (QED) is 0.832. The molecule has 1 saturated heterocycles. The van der Waals surface area contributed by atoms with E-state index in [9.17, 15) is 0 Å². The molecule has 1 aromatic rings. The van der Waals surface area contributed by atoms with Gasteiger partial charge in [0.25, 0.3) is 0 Å². The second-order valence-electron chi connectivity index (χ2n) is 4.25. The zero-order valence-electron chi connectivity index (χ0n) is 10.0. The van der Waals surface area contributed by atoms with Crippen LogP contribution in [0.15, 0.2) is 6.20 Å². The molecule has 0 amide bonds. The lowest BCUT2D eigenvalue weighted by atomic mass is 10.1. The van der Waals surface area contributed by atoms with Crippen LogP contribution in [0.3, 0.4) is 0 Å². The van der Waals surface area contributed by atoms with Crippen LogP contribution in [-0.4, -0.2) is 35.6 Å². The molecule has 2 rings (SSSR count). The van der Waals surface area contributed by atoms with Crippen LogP contribution in [0.2, 0.25) is 0 Å². The molecule has 1 aliphatic rings. The number of ether oxygens (including phenoxy) is 1. The summed E-state index contributed by atoms with van der Waals surface area (Å²) in [4.78, 5) is 2.22. The smallest absolute Gasteiger partial charge is 0.173 e. The third kappa shape index (κ3) is 2.29. The summed E-state index contributed by atoms with van der Waals surface area (Å²) in [5.74, 6) is 0.895. The molecule has 0 aromatic carbocycles.